The van der Waals surface area contributed by atoms with Crippen LogP contribution in [0.2, 0.25) is 0 Å². The van der Waals surface area contributed by atoms with Gasteiger partial charge in [0.2, 0.25) is 70.9 Å². The smallest absolute Gasteiger partial charge is 0.407 e. The zero-order chi connectivity index (χ0) is 84.6. The molecule has 37 nitrogen and oxygen atoms in total. The molecule has 11 atom stereocenters. The maximum absolute atomic E-state index is 14.6. The minimum Gasteiger partial charge on any atom is -0.481 e. The van der Waals surface area contributed by atoms with E-state index >= 15 is 0 Å². The van der Waals surface area contributed by atoms with Crippen LogP contribution in [-0.2, 0) is 73.5 Å². The number of fused-ring (bicyclic) bond motifs is 4. The zero-order valence-electron chi connectivity index (χ0n) is 65.7. The van der Waals surface area contributed by atoms with Crippen LogP contribution < -0.4 is 86.3 Å². The number of allylic oxidation sites excluding steroid dienone is 2. The molecule has 37 heteroatoms. The fraction of sp³-hybridized carbons (Fsp3) is 0.487. The van der Waals surface area contributed by atoms with Gasteiger partial charge < -0.3 is 111 Å². The summed E-state index contributed by atoms with van der Waals surface area (Å²) in [4.78, 5) is 198. The number of nitrogens with zero attached hydrogens (tertiary/aromatic N) is 1. The molecule has 1 aliphatic carbocycles. The first kappa shape index (κ1) is 91.4. The Morgan fingerprint density at radius 3 is 1.58 bits per heavy atom. The van der Waals surface area contributed by atoms with Crippen molar-refractivity contribution in [3.05, 3.63) is 119 Å². The predicted molar refractivity (Wildman–Crippen MR) is 425 cm³/mol. The Labute approximate surface area is 665 Å². The highest BCUT2D eigenvalue weighted by atomic mass is 16.5. The molecule has 2 aliphatic rings. The van der Waals surface area contributed by atoms with Crippen LogP contribution in [0.25, 0.3) is 22.0 Å². The number of amides is 13. The number of carboxylic acid groups (broad SMARTS) is 1. The number of para-hydroxylation sites is 1. The lowest BCUT2D eigenvalue weighted by Gasteiger charge is -2.30. The Balaban J connectivity index is 1.12. The van der Waals surface area contributed by atoms with E-state index in [0.29, 0.717) is 29.6 Å². The van der Waals surface area contributed by atoms with Crippen molar-refractivity contribution < 1.29 is 82.1 Å². The Morgan fingerprint density at radius 1 is 0.565 bits per heavy atom. The minimum absolute atomic E-state index is 0.0103. The summed E-state index contributed by atoms with van der Waals surface area (Å²) in [5.41, 5.74) is 23.1. The van der Waals surface area contributed by atoms with Crippen LogP contribution in [0.3, 0.4) is 0 Å². The second-order valence-electron chi connectivity index (χ2n) is 28.8. The van der Waals surface area contributed by atoms with E-state index in [1.165, 1.54) is 13.8 Å². The number of ether oxygens (including phenoxy) is 1. The SMILES string of the molecule is CCCC[C@H](NC(=O)[C@H](CC=C(C)C)NC(=O)CNC(=O)OCC1c2ccccc2-c2ccccc21)C(=O)N[C@@H](CO)C(=O)N[C@@H](CC(=O)O)C(=O)N1CCCC1C(=O)N[C@@H](CCCNC(=N)N)C(=O)N[C@@H](CC=C(C)C)C(=O)N[C@@H](C)C(=O)N[C@@H](Cc1cc2ccccc2[nH]1)C(=O)N[C@@H](CCCNC(=N)N)C(=O)N[C@@H](C)C(N)=O. The third-order valence-corrected chi connectivity index (χ3v) is 19.1. The molecule has 1 unspecified atom stereocenters. The molecule has 13 amide bonds. The van der Waals surface area contributed by atoms with Gasteiger partial charge in [-0.05, 0) is 139 Å². The molecular formula is C78H110N20O17. The normalized spacial score (nSPS) is 15.3. The average Bonchev–Trinajstić information content (AvgIpc) is 1.62. The summed E-state index contributed by atoms with van der Waals surface area (Å²) < 4.78 is 5.57. The molecule has 6 rings (SSSR count). The van der Waals surface area contributed by atoms with Crippen molar-refractivity contribution in [3.63, 3.8) is 0 Å². The number of unbranched alkanes of at least 4 members (excludes halogenated alkanes) is 1. The molecule has 0 saturated carbocycles. The molecule has 0 spiro atoms. The maximum atomic E-state index is 14.6. The summed E-state index contributed by atoms with van der Waals surface area (Å²) in [6.07, 6.45) is 1.98. The van der Waals surface area contributed by atoms with Crippen LogP contribution in [-0.4, -0.2) is 221 Å². The molecule has 24 N–H and O–H groups in total. The van der Waals surface area contributed by atoms with E-state index in [1.54, 1.807) is 64.1 Å². The summed E-state index contributed by atoms with van der Waals surface area (Å²) in [7, 11) is 0. The fourth-order valence-corrected chi connectivity index (χ4v) is 12.9. The number of aromatic amines is 1. The number of carbonyl (C=O) groups is 14. The lowest BCUT2D eigenvalue weighted by molar-refractivity contribution is -0.146. The quantitative estimate of drug-likeness (QED) is 0.0115. The molecule has 3 aromatic carbocycles. The van der Waals surface area contributed by atoms with Gasteiger partial charge in [-0.15, -0.1) is 0 Å². The molecule has 624 valence electrons. The second-order valence-corrected chi connectivity index (χ2v) is 28.8. The highest BCUT2D eigenvalue weighted by Crippen LogP contribution is 2.44. The molecule has 1 aromatic heterocycles. The van der Waals surface area contributed by atoms with Gasteiger partial charge in [0.05, 0.1) is 13.0 Å². The van der Waals surface area contributed by atoms with Crippen molar-refractivity contribution in [1.82, 2.24) is 79.0 Å². The zero-order valence-corrected chi connectivity index (χ0v) is 65.7. The van der Waals surface area contributed by atoms with Crippen molar-refractivity contribution in [2.45, 2.75) is 204 Å². The number of aliphatic hydroxyl groups is 1. The van der Waals surface area contributed by atoms with Gasteiger partial charge >= 0.3 is 12.1 Å². The monoisotopic (exact) mass is 1600 g/mol. The summed E-state index contributed by atoms with van der Waals surface area (Å²) in [5, 5.41) is 69.8. The number of hydrogen-bond acceptors (Lipinski definition) is 18. The Bertz CT molecular complexity index is 4150. The number of nitrogens with two attached hydrogens (primary N) is 3. The molecule has 115 heavy (non-hydrogen) atoms. The van der Waals surface area contributed by atoms with Crippen molar-refractivity contribution >= 4 is 106 Å². The number of H-pyrrole nitrogens is 1. The first-order valence-corrected chi connectivity index (χ1v) is 38.2. The topological polar surface area (TPSA) is 590 Å². The second kappa shape index (κ2) is 45.3. The van der Waals surface area contributed by atoms with E-state index in [9.17, 15) is 77.3 Å². The van der Waals surface area contributed by atoms with Crippen LogP contribution in [0.1, 0.15) is 148 Å². The molecule has 0 radical (unpaired) electrons. The number of hydrogen-bond donors (Lipinski definition) is 21. The molecule has 1 aliphatic heterocycles. The molecule has 4 aromatic rings. The number of carboxylic acids is 1. The van der Waals surface area contributed by atoms with E-state index in [2.05, 4.69) is 74.1 Å². The first-order chi connectivity index (χ1) is 54.7. The minimum atomic E-state index is -1.93. The van der Waals surface area contributed by atoms with E-state index in [-0.39, 0.29) is 102 Å². The summed E-state index contributed by atoms with van der Waals surface area (Å²) in [6.45, 7) is 9.69. The van der Waals surface area contributed by atoms with Gasteiger partial charge in [-0.3, -0.25) is 73.1 Å². The van der Waals surface area contributed by atoms with E-state index in [0.717, 1.165) is 38.1 Å². The number of alkyl carbamates (subject to hydrolysis) is 1. The van der Waals surface area contributed by atoms with Crippen LogP contribution in [0, 0.1) is 10.8 Å². The number of aliphatic carboxylic acids is 1. The number of rotatable bonds is 45. The van der Waals surface area contributed by atoms with Crippen LogP contribution in [0.5, 0.6) is 0 Å². The number of carbonyl (C=O) groups excluding carboxylic acids is 13. The highest BCUT2D eigenvalue weighted by molar-refractivity contribution is 6.01. The van der Waals surface area contributed by atoms with Gasteiger partial charge in [0, 0.05) is 43.2 Å². The summed E-state index contributed by atoms with van der Waals surface area (Å²) in [5.74, 6) is -13.6. The number of primary amides is 1. The number of nitrogens with one attached hydrogen (secondary N) is 16. The van der Waals surface area contributed by atoms with Crippen molar-refractivity contribution in [1.29, 1.82) is 10.8 Å². The van der Waals surface area contributed by atoms with E-state index < -0.39 is 175 Å². The average molecular weight is 1600 g/mol. The molecular weight excluding hydrogens is 1490 g/mol. The predicted octanol–water partition coefficient (Wildman–Crippen LogP) is -0.490. The number of aromatic nitrogens is 1. The first-order valence-electron chi connectivity index (χ1n) is 38.2. The Hall–Kier alpha value is -12.4. The van der Waals surface area contributed by atoms with E-state index in [4.69, 9.17) is 32.8 Å². The molecule has 1 saturated heterocycles. The maximum Gasteiger partial charge on any atom is 0.407 e. The number of aliphatic hydroxyl groups excluding tert-OH is 1. The number of benzene rings is 3. The standard InChI is InChI=1S/C78H110N20O17/c1-8-9-24-54(91-71(109)57(31-29-42(2)3)90-63(100)39-86-78(114)115-41-52-50-22-13-11-20-48(50)49-21-12-14-23-51(49)52)70(108)97-61(40-99)73(111)96-60(38-64(101)102)75(113)98-35-18-28-62(98)74(112)94-56(27-17-34-85-77(82)83)69(107)93-58(32-30-43(4)5)68(106)88-45(7)66(104)95-59(37-47-36-46-19-10-15-25-53(46)89-47)72(110)92-55(26-16-33-84-76(80)81)67(105)87-44(6)65(79)103/h10-15,19-23,25,29-30,36,44-45,52,54-62,89,99H,8-9,16-18,24,26-28,31-35,37-41H2,1-7H3,(H2,79,103)(H,86,114)(H,87,105)(H,88,106)(H,90,100)(H,91,109)(H,92,110)(H,93,107)(H,94,112)(H,95,104)(H,96,111)(H,97,108)(H,101,102)(H4,80,81,84)(H4,82,83,85)/t44-,45-,54-,55-,56-,57-,58-,59-,60-,61-,62?/m0/s1. The van der Waals surface area contributed by atoms with Gasteiger partial charge in [-0.2, -0.15) is 0 Å². The van der Waals surface area contributed by atoms with Gasteiger partial charge in [0.15, 0.2) is 11.9 Å². The van der Waals surface area contributed by atoms with Crippen molar-refractivity contribution in [2.75, 3.05) is 39.4 Å². The molecule has 1 fully saturated rings. The third-order valence-electron chi connectivity index (χ3n) is 19.1. The third kappa shape index (κ3) is 28.9. The Morgan fingerprint density at radius 2 is 1.03 bits per heavy atom. The Kier molecular flexibility index (Phi) is 36.0. The number of likely N-dealkylation sites (tertiary alicyclic amines) is 1. The van der Waals surface area contributed by atoms with Crippen molar-refractivity contribution in [3.8, 4) is 11.1 Å². The number of guanidine groups is 2. The lowest BCUT2D eigenvalue weighted by atomic mass is 9.98. The van der Waals surface area contributed by atoms with Crippen molar-refractivity contribution in [2.24, 2.45) is 17.2 Å². The van der Waals surface area contributed by atoms with Crippen LogP contribution in [0.15, 0.2) is 102 Å². The fourth-order valence-electron chi connectivity index (χ4n) is 12.9. The van der Waals surface area contributed by atoms with Gasteiger partial charge in [0.1, 0.15) is 79.6 Å². The highest BCUT2D eigenvalue weighted by Gasteiger charge is 2.42. The molecule has 2 heterocycles. The largest absolute Gasteiger partial charge is 0.481 e. The van der Waals surface area contributed by atoms with Crippen LogP contribution in [0.4, 0.5) is 4.79 Å². The van der Waals surface area contributed by atoms with Gasteiger partial charge in [-0.1, -0.05) is 110 Å². The van der Waals surface area contributed by atoms with Gasteiger partial charge in [-0.25, -0.2) is 4.79 Å². The van der Waals surface area contributed by atoms with Crippen LogP contribution >= 0.6 is 0 Å². The molecule has 0 bridgehead atoms. The lowest BCUT2D eigenvalue weighted by Crippen LogP contribution is -2.61. The van der Waals surface area contributed by atoms with Gasteiger partial charge in [0.25, 0.3) is 0 Å². The summed E-state index contributed by atoms with van der Waals surface area (Å²) in [6, 6.07) is 8.32. The summed E-state index contributed by atoms with van der Waals surface area (Å²) >= 11 is 0. The van der Waals surface area contributed by atoms with E-state index in [1.807, 2.05) is 61.5 Å².